The second kappa shape index (κ2) is 8.84. The van der Waals surface area contributed by atoms with Crippen molar-refractivity contribution in [3.05, 3.63) is 0 Å². The van der Waals surface area contributed by atoms with Gasteiger partial charge in [-0.25, -0.2) is 0 Å². The van der Waals surface area contributed by atoms with Gasteiger partial charge in [0.15, 0.2) is 0 Å². The van der Waals surface area contributed by atoms with Crippen molar-refractivity contribution in [2.24, 2.45) is 21.8 Å². The van der Waals surface area contributed by atoms with Crippen LogP contribution in [0.1, 0.15) is 91.9 Å². The second-order valence-corrected chi connectivity index (χ2v) is 7.71. The van der Waals surface area contributed by atoms with E-state index in [9.17, 15) is 0 Å². The van der Waals surface area contributed by atoms with E-state index in [1.165, 1.54) is 75.6 Å². The lowest BCUT2D eigenvalue weighted by Gasteiger charge is -2.26. The molecule has 2 saturated carbocycles. The molecule has 2 unspecified atom stereocenters. The Bertz CT molecular complexity index is 347. The molecule has 2 aliphatic rings. The summed E-state index contributed by atoms with van der Waals surface area (Å²) in [4.78, 5) is 9.97. The van der Waals surface area contributed by atoms with E-state index in [-0.39, 0.29) is 0 Å². The summed E-state index contributed by atoms with van der Waals surface area (Å²) in [7, 11) is 0. The standard InChI is InChI=1S/C20H36N2/c1-15(21-17(3)19-11-7-5-8-12-19)16(2)22-18(4)20-13-9-6-10-14-20/h17-20H,5-14H2,1-4H3. The summed E-state index contributed by atoms with van der Waals surface area (Å²) in [6.45, 7) is 8.92. The summed E-state index contributed by atoms with van der Waals surface area (Å²) < 4.78 is 0. The van der Waals surface area contributed by atoms with Crippen molar-refractivity contribution in [1.29, 1.82) is 0 Å². The maximum atomic E-state index is 4.98. The van der Waals surface area contributed by atoms with Crippen molar-refractivity contribution in [2.75, 3.05) is 0 Å². The highest BCUT2D eigenvalue weighted by Crippen LogP contribution is 2.29. The lowest BCUT2D eigenvalue weighted by molar-refractivity contribution is 0.317. The molecule has 2 nitrogen and oxygen atoms in total. The number of nitrogens with zero attached hydrogens (tertiary/aromatic N) is 2. The molecule has 0 aromatic rings. The minimum atomic E-state index is 0.468. The summed E-state index contributed by atoms with van der Waals surface area (Å²) in [5.41, 5.74) is 2.33. The van der Waals surface area contributed by atoms with Crippen molar-refractivity contribution in [2.45, 2.75) is 104 Å². The van der Waals surface area contributed by atoms with Crippen LogP contribution in [0.25, 0.3) is 0 Å². The molecule has 0 radical (unpaired) electrons. The molecular weight excluding hydrogens is 268 g/mol. The minimum Gasteiger partial charge on any atom is -0.285 e. The number of hydrogen-bond acceptors (Lipinski definition) is 2. The van der Waals surface area contributed by atoms with Crippen molar-refractivity contribution >= 4 is 11.4 Å². The van der Waals surface area contributed by atoms with Crippen LogP contribution >= 0.6 is 0 Å². The smallest absolute Gasteiger partial charge is 0.0528 e. The summed E-state index contributed by atoms with van der Waals surface area (Å²) in [5.74, 6) is 1.60. The highest BCUT2D eigenvalue weighted by atomic mass is 14.9. The first kappa shape index (κ1) is 17.7. The van der Waals surface area contributed by atoms with Gasteiger partial charge in [-0.05, 0) is 65.2 Å². The minimum absolute atomic E-state index is 0.468. The Morgan fingerprint density at radius 3 is 1.27 bits per heavy atom. The summed E-state index contributed by atoms with van der Waals surface area (Å²) in [6.07, 6.45) is 13.9. The molecule has 0 amide bonds. The third-order valence-corrected chi connectivity index (χ3v) is 5.98. The molecule has 2 aliphatic carbocycles. The molecule has 2 fully saturated rings. The van der Waals surface area contributed by atoms with Gasteiger partial charge in [0.1, 0.15) is 0 Å². The van der Waals surface area contributed by atoms with Gasteiger partial charge in [-0.15, -0.1) is 0 Å². The Labute approximate surface area is 137 Å². The fourth-order valence-corrected chi connectivity index (χ4v) is 4.24. The Kier molecular flexibility index (Phi) is 7.11. The van der Waals surface area contributed by atoms with E-state index in [0.717, 1.165) is 11.8 Å². The van der Waals surface area contributed by atoms with Gasteiger partial charge in [-0.2, -0.15) is 0 Å². The van der Waals surface area contributed by atoms with Crippen LogP contribution < -0.4 is 0 Å². The van der Waals surface area contributed by atoms with Crippen LogP contribution in [-0.2, 0) is 0 Å². The normalized spacial score (nSPS) is 26.0. The van der Waals surface area contributed by atoms with Crippen LogP contribution in [0, 0.1) is 11.8 Å². The summed E-state index contributed by atoms with van der Waals surface area (Å²) in [6, 6.07) is 0.936. The maximum Gasteiger partial charge on any atom is 0.0528 e. The van der Waals surface area contributed by atoms with E-state index in [4.69, 9.17) is 9.98 Å². The van der Waals surface area contributed by atoms with E-state index >= 15 is 0 Å². The van der Waals surface area contributed by atoms with Gasteiger partial charge >= 0.3 is 0 Å². The van der Waals surface area contributed by atoms with Crippen LogP contribution in [0.5, 0.6) is 0 Å². The highest BCUT2D eigenvalue weighted by molar-refractivity contribution is 6.40. The van der Waals surface area contributed by atoms with Crippen LogP contribution in [0.15, 0.2) is 9.98 Å². The number of rotatable bonds is 5. The van der Waals surface area contributed by atoms with Crippen LogP contribution in [-0.4, -0.2) is 23.5 Å². The third-order valence-electron chi connectivity index (χ3n) is 5.98. The Hall–Kier alpha value is -0.660. The molecule has 0 saturated heterocycles. The van der Waals surface area contributed by atoms with Gasteiger partial charge in [0, 0.05) is 0 Å². The number of aliphatic imine (C=N–C) groups is 2. The molecule has 22 heavy (non-hydrogen) atoms. The average Bonchev–Trinajstić information content (AvgIpc) is 2.56. The van der Waals surface area contributed by atoms with E-state index in [1.807, 2.05) is 0 Å². The predicted molar refractivity (Wildman–Crippen MR) is 98.3 cm³/mol. The SMILES string of the molecule is CC(=NC(C)C1CCCCC1)C(C)=NC(C)C1CCCCC1. The van der Waals surface area contributed by atoms with Gasteiger partial charge in [0.05, 0.1) is 23.5 Å². The molecule has 0 aromatic carbocycles. The molecule has 2 atom stereocenters. The van der Waals surface area contributed by atoms with Crippen molar-refractivity contribution < 1.29 is 0 Å². The molecule has 0 bridgehead atoms. The monoisotopic (exact) mass is 304 g/mol. The molecule has 0 spiro atoms. The van der Waals surface area contributed by atoms with E-state index in [1.54, 1.807) is 0 Å². The Morgan fingerprint density at radius 1 is 0.636 bits per heavy atom. The van der Waals surface area contributed by atoms with Gasteiger partial charge in [0.2, 0.25) is 0 Å². The number of hydrogen-bond donors (Lipinski definition) is 0. The van der Waals surface area contributed by atoms with Crippen molar-refractivity contribution in [1.82, 2.24) is 0 Å². The Morgan fingerprint density at radius 2 is 0.955 bits per heavy atom. The van der Waals surface area contributed by atoms with E-state index in [2.05, 4.69) is 27.7 Å². The maximum absolute atomic E-state index is 4.98. The van der Waals surface area contributed by atoms with Crippen molar-refractivity contribution in [3.8, 4) is 0 Å². The highest BCUT2D eigenvalue weighted by Gasteiger charge is 2.21. The third kappa shape index (κ3) is 5.21. The first-order valence-corrected chi connectivity index (χ1v) is 9.67. The first-order valence-electron chi connectivity index (χ1n) is 9.67. The van der Waals surface area contributed by atoms with E-state index < -0.39 is 0 Å². The van der Waals surface area contributed by atoms with Crippen LogP contribution in [0.2, 0.25) is 0 Å². The molecule has 0 aromatic heterocycles. The zero-order valence-electron chi connectivity index (χ0n) is 15.3. The van der Waals surface area contributed by atoms with Crippen LogP contribution in [0.4, 0.5) is 0 Å². The molecule has 126 valence electrons. The van der Waals surface area contributed by atoms with Gasteiger partial charge in [0.25, 0.3) is 0 Å². The van der Waals surface area contributed by atoms with Gasteiger partial charge < -0.3 is 0 Å². The van der Waals surface area contributed by atoms with Crippen LogP contribution in [0.3, 0.4) is 0 Å². The van der Waals surface area contributed by atoms with Gasteiger partial charge in [-0.1, -0.05) is 38.5 Å². The van der Waals surface area contributed by atoms with Gasteiger partial charge in [-0.3, -0.25) is 9.98 Å². The molecular formula is C20H36N2. The summed E-state index contributed by atoms with van der Waals surface area (Å²) >= 11 is 0. The summed E-state index contributed by atoms with van der Waals surface area (Å²) in [5, 5.41) is 0. The second-order valence-electron chi connectivity index (χ2n) is 7.71. The molecule has 0 heterocycles. The largest absolute Gasteiger partial charge is 0.285 e. The molecule has 2 heteroatoms. The lowest BCUT2D eigenvalue weighted by Crippen LogP contribution is -2.23. The quantitative estimate of drug-likeness (QED) is 0.569. The predicted octanol–water partition coefficient (Wildman–Crippen LogP) is 5.85. The first-order chi connectivity index (χ1) is 10.6. The molecule has 2 rings (SSSR count). The molecule has 0 N–H and O–H groups in total. The van der Waals surface area contributed by atoms with Crippen molar-refractivity contribution in [3.63, 3.8) is 0 Å². The topological polar surface area (TPSA) is 24.7 Å². The van der Waals surface area contributed by atoms with E-state index in [0.29, 0.717) is 12.1 Å². The molecule has 0 aliphatic heterocycles. The zero-order valence-corrected chi connectivity index (χ0v) is 15.3. The fourth-order valence-electron chi connectivity index (χ4n) is 4.24. The zero-order chi connectivity index (χ0) is 15.9. The average molecular weight is 305 g/mol. The fraction of sp³-hybridized carbons (Fsp3) is 0.900. The Balaban J connectivity index is 1.92. The lowest BCUT2D eigenvalue weighted by atomic mass is 9.84.